The van der Waals surface area contributed by atoms with Gasteiger partial charge in [0.25, 0.3) is 5.91 Å². The van der Waals surface area contributed by atoms with Gasteiger partial charge in [-0.1, -0.05) is 13.8 Å². The first-order valence-corrected chi connectivity index (χ1v) is 11.6. The largest absolute Gasteiger partial charge is 0.352 e. The average molecular weight is 448 g/mol. The average Bonchev–Trinajstić information content (AvgIpc) is 3.14. The molecule has 0 aromatic heterocycles. The summed E-state index contributed by atoms with van der Waals surface area (Å²) in [7, 11) is -3.58. The number of amides is 2. The summed E-state index contributed by atoms with van der Waals surface area (Å²) >= 11 is 0. The molecule has 0 bridgehead atoms. The number of sulfonamides is 1. The molecule has 1 saturated heterocycles. The van der Waals surface area contributed by atoms with E-state index in [9.17, 15) is 22.4 Å². The Morgan fingerprint density at radius 1 is 1.10 bits per heavy atom. The minimum atomic E-state index is -3.58. The topological polar surface area (TPSA) is 86.8 Å². The molecule has 1 fully saturated rings. The first-order chi connectivity index (χ1) is 14.8. The van der Waals surface area contributed by atoms with Crippen LogP contribution in [0, 0.1) is 11.7 Å². The highest BCUT2D eigenvalue weighted by Gasteiger charge is 2.31. The van der Waals surface area contributed by atoms with E-state index in [0.29, 0.717) is 43.9 Å². The van der Waals surface area contributed by atoms with E-state index in [1.165, 1.54) is 40.7 Å². The van der Waals surface area contributed by atoms with Crippen LogP contribution < -0.4 is 10.2 Å². The van der Waals surface area contributed by atoms with E-state index >= 15 is 0 Å². The first kappa shape index (κ1) is 22.9. The van der Waals surface area contributed by atoms with Crippen molar-refractivity contribution in [3.05, 3.63) is 59.9 Å². The molecule has 7 nitrogen and oxygen atoms in total. The zero-order chi connectivity index (χ0) is 22.6. The molecule has 0 spiro atoms. The predicted molar refractivity (Wildman–Crippen MR) is 116 cm³/mol. The lowest BCUT2D eigenvalue weighted by Gasteiger charge is -2.18. The molecular weight excluding hydrogens is 421 g/mol. The van der Waals surface area contributed by atoms with E-state index in [1.54, 1.807) is 30.9 Å². The van der Waals surface area contributed by atoms with Crippen LogP contribution in [0.3, 0.4) is 0 Å². The van der Waals surface area contributed by atoms with Gasteiger partial charge in [-0.05, 0) is 48.5 Å². The molecule has 2 aromatic carbocycles. The first-order valence-electron chi connectivity index (χ1n) is 10.2. The van der Waals surface area contributed by atoms with Crippen molar-refractivity contribution in [3.8, 4) is 0 Å². The third-order valence-electron chi connectivity index (χ3n) is 5.35. The molecule has 2 amide bonds. The fraction of sp³-hybridized carbons (Fsp3) is 0.364. The summed E-state index contributed by atoms with van der Waals surface area (Å²) in [6.07, 6.45) is 0.290. The normalized spacial score (nSPS) is 16.7. The fourth-order valence-corrected chi connectivity index (χ4v) is 5.08. The minimum Gasteiger partial charge on any atom is -0.352 e. The minimum absolute atomic E-state index is 0.0659. The maximum Gasteiger partial charge on any atom is 0.251 e. The lowest BCUT2D eigenvalue weighted by molar-refractivity contribution is -0.117. The lowest BCUT2D eigenvalue weighted by Crippen LogP contribution is -2.32. The summed E-state index contributed by atoms with van der Waals surface area (Å²) in [6, 6.07) is 11.6. The summed E-state index contributed by atoms with van der Waals surface area (Å²) in [5, 5.41) is 2.81. The van der Waals surface area contributed by atoms with Gasteiger partial charge < -0.3 is 10.2 Å². The molecule has 1 atom stereocenters. The Kier molecular flexibility index (Phi) is 7.07. The number of anilines is 1. The molecule has 31 heavy (non-hydrogen) atoms. The second kappa shape index (κ2) is 9.57. The van der Waals surface area contributed by atoms with Crippen molar-refractivity contribution in [2.24, 2.45) is 5.92 Å². The second-order valence-corrected chi connectivity index (χ2v) is 9.31. The van der Waals surface area contributed by atoms with Crippen molar-refractivity contribution in [1.82, 2.24) is 9.62 Å². The standard InChI is InChI=1S/C22H26FN3O4S/c1-3-25(4-2)31(29,30)20-11-5-17(6-12-20)22(28)24-14-16-13-21(27)26(15-16)19-9-7-18(23)8-10-19/h5-12,16H,3-4,13-15H2,1-2H3,(H,24,28). The van der Waals surface area contributed by atoms with E-state index < -0.39 is 10.0 Å². The number of nitrogens with one attached hydrogen (secondary N) is 1. The molecule has 166 valence electrons. The number of carbonyl (C=O) groups excluding carboxylic acids is 2. The van der Waals surface area contributed by atoms with Crippen molar-refractivity contribution >= 4 is 27.5 Å². The second-order valence-electron chi connectivity index (χ2n) is 7.37. The highest BCUT2D eigenvalue weighted by molar-refractivity contribution is 7.89. The zero-order valence-corrected chi connectivity index (χ0v) is 18.4. The molecule has 1 heterocycles. The van der Waals surface area contributed by atoms with Gasteiger partial charge in [0.05, 0.1) is 4.90 Å². The van der Waals surface area contributed by atoms with Crippen molar-refractivity contribution in [1.29, 1.82) is 0 Å². The van der Waals surface area contributed by atoms with Crippen LogP contribution in [-0.2, 0) is 14.8 Å². The van der Waals surface area contributed by atoms with Crippen LogP contribution in [0.4, 0.5) is 10.1 Å². The van der Waals surface area contributed by atoms with Gasteiger partial charge in [-0.15, -0.1) is 0 Å². The summed E-state index contributed by atoms with van der Waals surface area (Å²) in [4.78, 5) is 26.5. The summed E-state index contributed by atoms with van der Waals surface area (Å²) in [5.74, 6) is -0.838. The molecule has 1 unspecified atom stereocenters. The van der Waals surface area contributed by atoms with Crippen LogP contribution in [0.5, 0.6) is 0 Å². The summed E-state index contributed by atoms with van der Waals surface area (Å²) in [5.41, 5.74) is 0.975. The highest BCUT2D eigenvalue weighted by Crippen LogP contribution is 2.25. The van der Waals surface area contributed by atoms with E-state index in [2.05, 4.69) is 5.32 Å². The van der Waals surface area contributed by atoms with Gasteiger partial charge >= 0.3 is 0 Å². The van der Waals surface area contributed by atoms with Crippen LogP contribution >= 0.6 is 0 Å². The summed E-state index contributed by atoms with van der Waals surface area (Å²) < 4.78 is 39.5. The van der Waals surface area contributed by atoms with Crippen LogP contribution in [0.15, 0.2) is 53.4 Å². The molecule has 1 aliphatic rings. The predicted octanol–water partition coefficient (Wildman–Crippen LogP) is 2.64. The molecule has 1 N–H and O–H groups in total. The molecule has 0 saturated carbocycles. The van der Waals surface area contributed by atoms with Gasteiger partial charge in [-0.25, -0.2) is 12.8 Å². The molecular formula is C22H26FN3O4S. The molecule has 1 aliphatic heterocycles. The van der Waals surface area contributed by atoms with Crippen LogP contribution in [0.1, 0.15) is 30.6 Å². The Bertz CT molecular complexity index is 1040. The van der Waals surface area contributed by atoms with Gasteiger partial charge in [0.2, 0.25) is 15.9 Å². The third kappa shape index (κ3) is 5.11. The maximum absolute atomic E-state index is 13.1. The quantitative estimate of drug-likeness (QED) is 0.674. The van der Waals surface area contributed by atoms with E-state index in [1.807, 2.05) is 0 Å². The Hall–Kier alpha value is -2.78. The molecule has 2 aromatic rings. The van der Waals surface area contributed by atoms with Gasteiger partial charge in [-0.2, -0.15) is 4.31 Å². The molecule has 0 radical (unpaired) electrons. The monoisotopic (exact) mass is 447 g/mol. The van der Waals surface area contributed by atoms with Crippen LogP contribution in [-0.4, -0.2) is 50.7 Å². The van der Waals surface area contributed by atoms with Gasteiger partial charge in [0.1, 0.15) is 5.82 Å². The van der Waals surface area contributed by atoms with Crippen LogP contribution in [0.25, 0.3) is 0 Å². The Morgan fingerprint density at radius 3 is 2.29 bits per heavy atom. The van der Waals surface area contributed by atoms with E-state index in [0.717, 1.165) is 0 Å². The molecule has 9 heteroatoms. The number of nitrogens with zero attached hydrogens (tertiary/aromatic N) is 2. The fourth-order valence-electron chi connectivity index (χ4n) is 3.62. The summed E-state index contributed by atoms with van der Waals surface area (Å²) in [6.45, 7) is 5.03. The van der Waals surface area contributed by atoms with Gasteiger partial charge in [-0.3, -0.25) is 9.59 Å². The van der Waals surface area contributed by atoms with Crippen molar-refractivity contribution in [2.75, 3.05) is 31.1 Å². The number of benzene rings is 2. The van der Waals surface area contributed by atoms with Gasteiger partial charge in [0, 0.05) is 49.8 Å². The number of rotatable bonds is 8. The maximum atomic E-state index is 13.1. The SMILES string of the molecule is CCN(CC)S(=O)(=O)c1ccc(C(=O)NCC2CC(=O)N(c3ccc(F)cc3)C2)cc1. The highest BCUT2D eigenvalue weighted by atomic mass is 32.2. The Morgan fingerprint density at radius 2 is 1.71 bits per heavy atom. The van der Waals surface area contributed by atoms with Crippen molar-refractivity contribution < 1.29 is 22.4 Å². The van der Waals surface area contributed by atoms with Crippen molar-refractivity contribution in [2.45, 2.75) is 25.2 Å². The van der Waals surface area contributed by atoms with Crippen molar-refractivity contribution in [3.63, 3.8) is 0 Å². The van der Waals surface area contributed by atoms with E-state index in [-0.39, 0.29) is 28.4 Å². The van der Waals surface area contributed by atoms with E-state index in [4.69, 9.17) is 0 Å². The van der Waals surface area contributed by atoms with Crippen LogP contribution in [0.2, 0.25) is 0 Å². The zero-order valence-electron chi connectivity index (χ0n) is 17.5. The molecule has 3 rings (SSSR count). The number of hydrogen-bond acceptors (Lipinski definition) is 4. The van der Waals surface area contributed by atoms with Gasteiger partial charge in [0.15, 0.2) is 0 Å². The lowest BCUT2D eigenvalue weighted by atomic mass is 10.1. The number of carbonyl (C=O) groups is 2. The Balaban J connectivity index is 1.59. The number of hydrogen-bond donors (Lipinski definition) is 1. The molecule has 0 aliphatic carbocycles. The smallest absolute Gasteiger partial charge is 0.251 e. The Labute approximate surface area is 181 Å². The third-order valence-corrected chi connectivity index (χ3v) is 7.42. The number of halogens is 1.